The predicted molar refractivity (Wildman–Crippen MR) is 162 cm³/mol. The molecule has 0 spiro atoms. The van der Waals surface area contributed by atoms with Crippen LogP contribution in [0.2, 0.25) is 0 Å². The molecule has 0 amide bonds. The summed E-state index contributed by atoms with van der Waals surface area (Å²) < 4.78 is 12.1. The summed E-state index contributed by atoms with van der Waals surface area (Å²) in [6.07, 6.45) is 0. The molecule has 6 aromatic rings. The van der Waals surface area contributed by atoms with Gasteiger partial charge in [0.2, 0.25) is 0 Å². The van der Waals surface area contributed by atoms with Gasteiger partial charge in [0.05, 0.1) is 13.2 Å². The van der Waals surface area contributed by atoms with Crippen LogP contribution in [0.1, 0.15) is 11.1 Å². The van der Waals surface area contributed by atoms with Gasteiger partial charge >= 0.3 is 0 Å². The summed E-state index contributed by atoms with van der Waals surface area (Å²) in [5.41, 5.74) is 3.64. The SMILES string of the molecule is OCCOc1ccc2ccccc2c1-c1c(OCCO)ccc2cc(C#Cc3ccc4ccccc4c3)ccc12. The van der Waals surface area contributed by atoms with Crippen LogP contribution >= 0.6 is 0 Å². The van der Waals surface area contributed by atoms with Gasteiger partial charge in [0.15, 0.2) is 0 Å². The molecule has 0 unspecified atom stereocenters. The maximum atomic E-state index is 9.50. The standard InChI is InChI=1S/C36H28O4/c37-19-21-39-33-17-14-28-6-3-4-8-31(28)35(33)36-32-16-12-26(24-30(32)15-18-34(36)40-22-20-38)10-9-25-11-13-27-5-1-2-7-29(27)23-25/h1-8,11-18,23-24,37-38H,19-22H2. The normalized spacial score (nSPS) is 10.9. The minimum atomic E-state index is -0.0931. The molecule has 4 heteroatoms. The second kappa shape index (κ2) is 11.5. The minimum absolute atomic E-state index is 0.0884. The Morgan fingerprint density at radius 1 is 0.475 bits per heavy atom. The summed E-state index contributed by atoms with van der Waals surface area (Å²) in [5, 5.41) is 25.4. The van der Waals surface area contributed by atoms with E-state index in [0.717, 1.165) is 43.8 Å². The fraction of sp³-hybridized carbons (Fsp3) is 0.111. The minimum Gasteiger partial charge on any atom is -0.491 e. The predicted octanol–water partition coefficient (Wildman–Crippen LogP) is 6.96. The lowest BCUT2D eigenvalue weighted by molar-refractivity contribution is 0.200. The van der Waals surface area contributed by atoms with Crippen LogP contribution in [0, 0.1) is 11.8 Å². The van der Waals surface area contributed by atoms with Gasteiger partial charge in [0, 0.05) is 22.3 Å². The number of ether oxygens (including phenoxy) is 2. The number of benzene rings is 6. The molecule has 6 aromatic carbocycles. The molecule has 196 valence electrons. The smallest absolute Gasteiger partial charge is 0.128 e. The van der Waals surface area contributed by atoms with E-state index < -0.39 is 0 Å². The zero-order valence-corrected chi connectivity index (χ0v) is 21.9. The van der Waals surface area contributed by atoms with Gasteiger partial charge in [-0.3, -0.25) is 0 Å². The average Bonchev–Trinajstić information content (AvgIpc) is 3.01. The first kappa shape index (κ1) is 25.5. The Morgan fingerprint density at radius 3 is 1.65 bits per heavy atom. The quantitative estimate of drug-likeness (QED) is 0.222. The highest BCUT2D eigenvalue weighted by atomic mass is 16.5. The van der Waals surface area contributed by atoms with Crippen molar-refractivity contribution < 1.29 is 19.7 Å². The van der Waals surface area contributed by atoms with Crippen LogP contribution < -0.4 is 9.47 Å². The Hall–Kier alpha value is -4.82. The lowest BCUT2D eigenvalue weighted by Crippen LogP contribution is -2.05. The summed E-state index contributed by atoms with van der Waals surface area (Å²) >= 11 is 0. The first-order valence-corrected chi connectivity index (χ1v) is 13.3. The molecule has 2 N–H and O–H groups in total. The van der Waals surface area contributed by atoms with Crippen molar-refractivity contribution in [3.63, 3.8) is 0 Å². The topological polar surface area (TPSA) is 58.9 Å². The maximum absolute atomic E-state index is 9.50. The van der Waals surface area contributed by atoms with Gasteiger partial charge in [-0.25, -0.2) is 0 Å². The molecule has 40 heavy (non-hydrogen) atoms. The number of aliphatic hydroxyl groups is 2. The van der Waals surface area contributed by atoms with Gasteiger partial charge in [-0.15, -0.1) is 0 Å². The lowest BCUT2D eigenvalue weighted by atomic mass is 9.91. The Labute approximate surface area is 233 Å². The number of hydrogen-bond acceptors (Lipinski definition) is 4. The molecule has 6 rings (SSSR count). The first-order chi connectivity index (χ1) is 19.7. The molecule has 0 aromatic heterocycles. The lowest BCUT2D eigenvalue weighted by Gasteiger charge is -2.19. The van der Waals surface area contributed by atoms with Crippen molar-refractivity contribution in [1.29, 1.82) is 0 Å². The second-order valence-corrected chi connectivity index (χ2v) is 9.49. The molecule has 0 radical (unpaired) electrons. The third kappa shape index (κ3) is 5.09. The summed E-state index contributed by atoms with van der Waals surface area (Å²) in [5.74, 6) is 7.96. The van der Waals surface area contributed by atoms with Gasteiger partial charge in [0.25, 0.3) is 0 Å². The van der Waals surface area contributed by atoms with Crippen molar-refractivity contribution in [3.8, 4) is 34.5 Å². The van der Waals surface area contributed by atoms with Crippen LogP contribution in [-0.2, 0) is 0 Å². The molecular weight excluding hydrogens is 496 g/mol. The third-order valence-corrected chi connectivity index (χ3v) is 6.92. The van der Waals surface area contributed by atoms with Crippen LogP contribution in [0.25, 0.3) is 43.4 Å². The molecule has 0 aliphatic heterocycles. The Morgan fingerprint density at radius 2 is 0.975 bits per heavy atom. The number of aliphatic hydroxyl groups excluding tert-OH is 2. The molecule has 0 atom stereocenters. The fourth-order valence-corrected chi connectivity index (χ4v) is 5.12. The molecule has 0 saturated heterocycles. The number of rotatable bonds is 7. The zero-order valence-electron chi connectivity index (χ0n) is 21.9. The highest BCUT2D eigenvalue weighted by molar-refractivity contribution is 6.10. The van der Waals surface area contributed by atoms with Gasteiger partial charge in [-0.1, -0.05) is 84.6 Å². The van der Waals surface area contributed by atoms with E-state index in [1.165, 1.54) is 10.8 Å². The Kier molecular flexibility index (Phi) is 7.32. The molecule has 0 saturated carbocycles. The van der Waals surface area contributed by atoms with E-state index in [0.29, 0.717) is 11.5 Å². The van der Waals surface area contributed by atoms with Crippen molar-refractivity contribution >= 4 is 32.3 Å². The maximum Gasteiger partial charge on any atom is 0.128 e. The first-order valence-electron chi connectivity index (χ1n) is 13.3. The van der Waals surface area contributed by atoms with Crippen molar-refractivity contribution in [1.82, 2.24) is 0 Å². The van der Waals surface area contributed by atoms with Crippen molar-refractivity contribution in [2.24, 2.45) is 0 Å². The van der Waals surface area contributed by atoms with E-state index in [2.05, 4.69) is 60.4 Å². The van der Waals surface area contributed by atoms with E-state index in [-0.39, 0.29) is 26.4 Å². The van der Waals surface area contributed by atoms with Crippen molar-refractivity contribution in [3.05, 3.63) is 120 Å². The Balaban J connectivity index is 1.50. The number of fused-ring (bicyclic) bond motifs is 3. The molecule has 0 aliphatic rings. The van der Waals surface area contributed by atoms with Crippen LogP contribution in [-0.4, -0.2) is 36.6 Å². The molecule has 0 fully saturated rings. The van der Waals surface area contributed by atoms with Gasteiger partial charge in [-0.05, 0) is 68.7 Å². The van der Waals surface area contributed by atoms with Crippen LogP contribution in [0.5, 0.6) is 11.5 Å². The van der Waals surface area contributed by atoms with E-state index in [4.69, 9.17) is 9.47 Å². The molecule has 4 nitrogen and oxygen atoms in total. The van der Waals surface area contributed by atoms with Crippen LogP contribution in [0.15, 0.2) is 109 Å². The summed E-state index contributed by atoms with van der Waals surface area (Å²) in [7, 11) is 0. The Bertz CT molecular complexity index is 1890. The summed E-state index contributed by atoms with van der Waals surface area (Å²) in [4.78, 5) is 0. The molecular formula is C36H28O4. The highest BCUT2D eigenvalue weighted by Crippen LogP contribution is 2.45. The fourth-order valence-electron chi connectivity index (χ4n) is 5.12. The number of hydrogen-bond donors (Lipinski definition) is 2. The van der Waals surface area contributed by atoms with E-state index >= 15 is 0 Å². The molecule has 0 heterocycles. The van der Waals surface area contributed by atoms with Gasteiger partial charge < -0.3 is 19.7 Å². The van der Waals surface area contributed by atoms with E-state index in [1.807, 2.05) is 60.7 Å². The summed E-state index contributed by atoms with van der Waals surface area (Å²) in [6.45, 7) is 0.169. The highest BCUT2D eigenvalue weighted by Gasteiger charge is 2.19. The third-order valence-electron chi connectivity index (χ3n) is 6.92. The van der Waals surface area contributed by atoms with Crippen LogP contribution in [0.3, 0.4) is 0 Å². The van der Waals surface area contributed by atoms with Crippen LogP contribution in [0.4, 0.5) is 0 Å². The molecule has 0 aliphatic carbocycles. The van der Waals surface area contributed by atoms with E-state index in [9.17, 15) is 10.2 Å². The largest absolute Gasteiger partial charge is 0.491 e. The zero-order chi connectivity index (χ0) is 27.3. The monoisotopic (exact) mass is 524 g/mol. The molecule has 0 bridgehead atoms. The average molecular weight is 525 g/mol. The van der Waals surface area contributed by atoms with Gasteiger partial charge in [0.1, 0.15) is 24.7 Å². The summed E-state index contributed by atoms with van der Waals surface area (Å²) in [6, 6.07) is 36.8. The van der Waals surface area contributed by atoms with Crippen molar-refractivity contribution in [2.75, 3.05) is 26.4 Å². The van der Waals surface area contributed by atoms with Gasteiger partial charge in [-0.2, -0.15) is 0 Å². The van der Waals surface area contributed by atoms with E-state index in [1.54, 1.807) is 0 Å². The second-order valence-electron chi connectivity index (χ2n) is 9.49. The van der Waals surface area contributed by atoms with Crippen molar-refractivity contribution in [2.45, 2.75) is 0 Å².